The summed E-state index contributed by atoms with van der Waals surface area (Å²) < 4.78 is 10.2. The average molecular weight is 792 g/mol. The zero-order valence-electron chi connectivity index (χ0n) is 34.0. The van der Waals surface area contributed by atoms with Crippen LogP contribution < -0.4 is 26.6 Å². The molecule has 1 atom stereocenters. The smallest absolute Gasteiger partial charge is 0.408 e. The molecule has 0 spiro atoms. The summed E-state index contributed by atoms with van der Waals surface area (Å²) in [6, 6.07) is 36.2. The second kappa shape index (κ2) is 19.1. The lowest BCUT2D eigenvalue weighted by atomic mass is 9.77. The number of hydrogen-bond acceptors (Lipinski definition) is 8. The molecule has 0 radical (unpaired) electrons. The number of benzene rings is 4. The van der Waals surface area contributed by atoms with Crippen LogP contribution in [0.5, 0.6) is 0 Å². The van der Waals surface area contributed by atoms with Gasteiger partial charge in [0, 0.05) is 6.42 Å². The van der Waals surface area contributed by atoms with Gasteiger partial charge < -0.3 is 36.1 Å². The lowest BCUT2D eigenvalue weighted by Crippen LogP contribution is -2.66. The van der Waals surface area contributed by atoms with Crippen LogP contribution in [-0.4, -0.2) is 65.5 Å². The normalized spacial score (nSPS) is 12.3. The van der Waals surface area contributed by atoms with E-state index in [1.165, 1.54) is 48.7 Å². The Labute approximate surface area is 339 Å². The Morgan fingerprint density at radius 1 is 0.552 bits per heavy atom. The van der Waals surface area contributed by atoms with E-state index in [0.29, 0.717) is 0 Å². The number of ether oxygens (including phenoxy) is 2. The van der Waals surface area contributed by atoms with E-state index in [0.717, 1.165) is 22.3 Å². The molecule has 0 aliphatic rings. The molecule has 5 N–H and O–H groups in total. The van der Waals surface area contributed by atoms with Gasteiger partial charge in [0.05, 0.1) is 7.11 Å². The van der Waals surface area contributed by atoms with Crippen molar-refractivity contribution in [1.29, 1.82) is 0 Å². The predicted molar refractivity (Wildman–Crippen MR) is 219 cm³/mol. The minimum atomic E-state index is -1.63. The minimum Gasteiger partial charge on any atom is -0.467 e. The van der Waals surface area contributed by atoms with Crippen LogP contribution >= 0.6 is 0 Å². The number of carbonyl (C=O) groups excluding carboxylic acids is 6. The number of rotatable bonds is 17. The van der Waals surface area contributed by atoms with Gasteiger partial charge in [-0.3, -0.25) is 19.2 Å². The Balaban J connectivity index is 1.57. The van der Waals surface area contributed by atoms with Gasteiger partial charge in [0.15, 0.2) is 0 Å². The monoisotopic (exact) mass is 791 g/mol. The van der Waals surface area contributed by atoms with Crippen molar-refractivity contribution in [2.45, 2.75) is 89.2 Å². The number of methoxy groups -OCH3 is 1. The lowest BCUT2D eigenvalue weighted by Gasteiger charge is -2.37. The Bertz CT molecular complexity index is 1940. The molecule has 4 aromatic carbocycles. The van der Waals surface area contributed by atoms with Gasteiger partial charge in [-0.1, -0.05) is 121 Å². The Morgan fingerprint density at radius 3 is 1.41 bits per heavy atom. The highest BCUT2D eigenvalue weighted by Gasteiger charge is 2.42. The molecule has 4 rings (SSSR count). The van der Waals surface area contributed by atoms with Crippen LogP contribution in [0.15, 0.2) is 121 Å². The molecule has 0 heterocycles. The predicted octanol–water partition coefficient (Wildman–Crippen LogP) is 5.03. The number of carbonyl (C=O) groups is 6. The first-order valence-electron chi connectivity index (χ1n) is 18.9. The van der Waals surface area contributed by atoms with E-state index >= 15 is 0 Å². The Kier molecular flexibility index (Phi) is 14.6. The van der Waals surface area contributed by atoms with Crippen molar-refractivity contribution in [3.8, 4) is 0 Å². The van der Waals surface area contributed by atoms with Crippen molar-refractivity contribution < 1.29 is 38.2 Å². The van der Waals surface area contributed by atoms with E-state index < -0.39 is 63.9 Å². The van der Waals surface area contributed by atoms with Crippen LogP contribution in [0.3, 0.4) is 0 Å². The van der Waals surface area contributed by atoms with Gasteiger partial charge in [-0.25, -0.2) is 9.59 Å². The van der Waals surface area contributed by atoms with Crippen LogP contribution in [0.1, 0.15) is 76.6 Å². The fourth-order valence-corrected chi connectivity index (χ4v) is 6.20. The molecule has 4 aromatic rings. The zero-order chi connectivity index (χ0) is 42.6. The molecule has 13 nitrogen and oxygen atoms in total. The van der Waals surface area contributed by atoms with Crippen LogP contribution in [0.4, 0.5) is 4.79 Å². The summed E-state index contributed by atoms with van der Waals surface area (Å²) >= 11 is 0. The summed E-state index contributed by atoms with van der Waals surface area (Å²) in [5.74, 6) is -3.30. The maximum absolute atomic E-state index is 14.2. The number of hydrogen-bond donors (Lipinski definition) is 5. The molecule has 5 amide bonds. The van der Waals surface area contributed by atoms with Gasteiger partial charge in [-0.15, -0.1) is 0 Å². The summed E-state index contributed by atoms with van der Waals surface area (Å²) in [6.07, 6.45) is -1.31. The van der Waals surface area contributed by atoms with E-state index in [1.54, 1.807) is 24.3 Å². The Hall–Kier alpha value is -6.50. The molecule has 0 aliphatic carbocycles. The van der Waals surface area contributed by atoms with Crippen LogP contribution in [-0.2, 0) is 45.6 Å². The minimum absolute atomic E-state index is 0.0763. The molecule has 13 heteroatoms. The first-order valence-corrected chi connectivity index (χ1v) is 18.9. The maximum Gasteiger partial charge on any atom is 0.408 e. The molecule has 0 bridgehead atoms. The summed E-state index contributed by atoms with van der Waals surface area (Å²) in [7, 11) is 1.19. The molecule has 0 saturated heterocycles. The molecular formula is C45H53N5O8. The highest BCUT2D eigenvalue weighted by molar-refractivity contribution is 5.98. The highest BCUT2D eigenvalue weighted by atomic mass is 16.5. The largest absolute Gasteiger partial charge is 0.467 e. The van der Waals surface area contributed by atoms with Crippen molar-refractivity contribution in [3.05, 3.63) is 144 Å². The van der Waals surface area contributed by atoms with Gasteiger partial charge in [-0.2, -0.15) is 0 Å². The lowest BCUT2D eigenvalue weighted by molar-refractivity contribution is -0.150. The van der Waals surface area contributed by atoms with E-state index in [4.69, 9.17) is 9.47 Å². The third-order valence-corrected chi connectivity index (χ3v) is 9.55. The van der Waals surface area contributed by atoms with Crippen molar-refractivity contribution in [1.82, 2.24) is 26.6 Å². The van der Waals surface area contributed by atoms with Gasteiger partial charge in [-0.05, 0) is 70.2 Å². The molecule has 0 aliphatic heterocycles. The molecule has 306 valence electrons. The summed E-state index contributed by atoms with van der Waals surface area (Å²) in [5.41, 5.74) is -2.55. The number of esters is 1. The molecule has 0 unspecified atom stereocenters. The quantitative estimate of drug-likeness (QED) is 0.0730. The molecule has 0 aromatic heterocycles. The topological polar surface area (TPSA) is 181 Å². The fourth-order valence-electron chi connectivity index (χ4n) is 6.20. The van der Waals surface area contributed by atoms with Crippen molar-refractivity contribution in [2.24, 2.45) is 0 Å². The van der Waals surface area contributed by atoms with E-state index in [1.807, 2.05) is 97.1 Å². The van der Waals surface area contributed by atoms with Crippen LogP contribution in [0.25, 0.3) is 0 Å². The average Bonchev–Trinajstić information content (AvgIpc) is 3.21. The fraction of sp³-hybridized carbons (Fsp3) is 0.333. The Morgan fingerprint density at radius 2 is 0.966 bits per heavy atom. The highest BCUT2D eigenvalue weighted by Crippen LogP contribution is 2.37. The van der Waals surface area contributed by atoms with E-state index in [-0.39, 0.29) is 19.4 Å². The number of alkyl carbamates (subject to hydrolysis) is 1. The second-order valence-corrected chi connectivity index (χ2v) is 15.5. The third kappa shape index (κ3) is 11.3. The molecule has 0 saturated carbocycles. The second-order valence-electron chi connectivity index (χ2n) is 15.5. The number of nitrogens with one attached hydrogen (secondary N) is 5. The van der Waals surface area contributed by atoms with E-state index in [9.17, 15) is 28.8 Å². The first kappa shape index (κ1) is 44.2. The first-order chi connectivity index (χ1) is 27.4. The molecular weight excluding hydrogens is 739 g/mol. The number of amides is 5. The van der Waals surface area contributed by atoms with Gasteiger partial charge in [0.25, 0.3) is 0 Å². The van der Waals surface area contributed by atoms with Gasteiger partial charge >= 0.3 is 12.1 Å². The van der Waals surface area contributed by atoms with E-state index in [2.05, 4.69) is 26.6 Å². The zero-order valence-corrected chi connectivity index (χ0v) is 34.0. The van der Waals surface area contributed by atoms with Crippen molar-refractivity contribution >= 4 is 35.7 Å². The summed E-state index contributed by atoms with van der Waals surface area (Å²) in [5, 5.41) is 13.7. The third-order valence-electron chi connectivity index (χ3n) is 9.55. The van der Waals surface area contributed by atoms with Gasteiger partial charge in [0.2, 0.25) is 23.6 Å². The summed E-state index contributed by atoms with van der Waals surface area (Å²) in [6.45, 7) is 8.59. The summed E-state index contributed by atoms with van der Waals surface area (Å²) in [4.78, 5) is 80.3. The van der Waals surface area contributed by atoms with Crippen LogP contribution in [0, 0.1) is 0 Å². The SMILES string of the molecule is COC(=O)C(C)(C)NC(=O)C(C)(C)NC(=O)C(C)(C)NC(=O)[C@H](CCC(=O)NC(c1ccccc1)(c1ccccc1)c1ccccc1)NC(=O)OCc1ccccc1. The van der Waals surface area contributed by atoms with Crippen molar-refractivity contribution in [3.63, 3.8) is 0 Å². The standard InChI is InChI=1S/C45H53N5O8/c1-42(2,38(53)49-43(3,4)39(54)50-44(5,6)40(55)57-7)48-37(52)35(46-41(56)58-30-31-20-12-8-13-21-31)28-29-36(51)47-45(32-22-14-9-15-23-32,33-24-16-10-17-25-33)34-26-18-11-19-27-34/h8-27,35H,28-30H2,1-7H3,(H,46,56)(H,47,51)(H,48,52)(H,49,53)(H,50,54)/t35-/m0/s1. The van der Waals surface area contributed by atoms with Crippen LogP contribution in [0.2, 0.25) is 0 Å². The maximum atomic E-state index is 14.2. The molecule has 0 fully saturated rings. The molecule has 58 heavy (non-hydrogen) atoms. The van der Waals surface area contributed by atoms with Crippen molar-refractivity contribution in [2.75, 3.05) is 7.11 Å². The van der Waals surface area contributed by atoms with Gasteiger partial charge in [0.1, 0.15) is 34.8 Å².